The van der Waals surface area contributed by atoms with Gasteiger partial charge >= 0.3 is 5.69 Å². The molecule has 2 rings (SSSR count). The molecule has 2 N–H and O–H groups in total. The van der Waals surface area contributed by atoms with Crippen LogP contribution in [0.3, 0.4) is 0 Å². The molecule has 1 fully saturated rings. The van der Waals surface area contributed by atoms with Crippen LogP contribution in [0.1, 0.15) is 19.3 Å². The number of nitro groups is 1. The molecule has 0 atom stereocenters. The first-order valence-corrected chi connectivity index (χ1v) is 5.23. The normalized spacial score (nSPS) is 15.6. The smallest absolute Gasteiger partial charge is 0.311 e. The molecule has 1 aromatic heterocycles. The second-order valence-electron chi connectivity index (χ2n) is 4.03. The first kappa shape index (κ1) is 10.7. The molecular weight excluding hydrogens is 208 g/mol. The van der Waals surface area contributed by atoms with Crippen molar-refractivity contribution in [3.63, 3.8) is 0 Å². The summed E-state index contributed by atoms with van der Waals surface area (Å²) in [5, 5.41) is 10.6. The summed E-state index contributed by atoms with van der Waals surface area (Å²) in [6.07, 6.45) is 3.53. The highest BCUT2D eigenvalue weighted by Gasteiger charge is 2.24. The largest absolute Gasteiger partial charge is 0.378 e. The van der Waals surface area contributed by atoms with Crippen molar-refractivity contribution in [1.29, 1.82) is 0 Å². The van der Waals surface area contributed by atoms with E-state index in [9.17, 15) is 10.1 Å². The van der Waals surface area contributed by atoms with Gasteiger partial charge in [-0.1, -0.05) is 0 Å². The van der Waals surface area contributed by atoms with Crippen molar-refractivity contribution >= 4 is 17.3 Å². The van der Waals surface area contributed by atoms with Crippen molar-refractivity contribution in [1.82, 2.24) is 4.98 Å². The van der Waals surface area contributed by atoms with Gasteiger partial charge in [-0.2, -0.15) is 0 Å². The first-order valence-electron chi connectivity index (χ1n) is 5.23. The quantitative estimate of drug-likeness (QED) is 0.619. The molecule has 1 aromatic rings. The molecule has 0 spiro atoms. The second kappa shape index (κ2) is 3.96. The highest BCUT2D eigenvalue weighted by Crippen LogP contribution is 2.29. The fraction of sp³-hybridized carbons (Fsp3) is 0.500. The molecule has 1 saturated carbocycles. The van der Waals surface area contributed by atoms with Gasteiger partial charge in [-0.05, 0) is 25.3 Å². The second-order valence-corrected chi connectivity index (χ2v) is 4.03. The average molecular weight is 222 g/mol. The molecule has 1 aliphatic rings. The Morgan fingerprint density at radius 1 is 1.56 bits per heavy atom. The molecular formula is C10H14N4O2. The molecule has 1 aliphatic carbocycles. The Labute approximate surface area is 93.2 Å². The molecule has 1 heterocycles. The maximum Gasteiger partial charge on any atom is 0.311 e. The van der Waals surface area contributed by atoms with E-state index in [4.69, 9.17) is 5.73 Å². The van der Waals surface area contributed by atoms with Crippen molar-refractivity contribution in [2.75, 3.05) is 17.7 Å². The van der Waals surface area contributed by atoms with Crippen molar-refractivity contribution < 1.29 is 4.92 Å². The maximum atomic E-state index is 10.6. The Morgan fingerprint density at radius 2 is 2.25 bits per heavy atom. The van der Waals surface area contributed by atoms with E-state index in [0.29, 0.717) is 11.9 Å². The predicted molar refractivity (Wildman–Crippen MR) is 61.3 cm³/mol. The zero-order valence-corrected chi connectivity index (χ0v) is 9.09. The zero-order valence-electron chi connectivity index (χ0n) is 9.09. The molecule has 0 radical (unpaired) electrons. The summed E-state index contributed by atoms with van der Waals surface area (Å²) in [6, 6.07) is 3.55. The topological polar surface area (TPSA) is 85.3 Å². The van der Waals surface area contributed by atoms with E-state index < -0.39 is 4.92 Å². The van der Waals surface area contributed by atoms with Gasteiger partial charge in [0.2, 0.25) is 5.82 Å². The molecule has 0 aromatic carbocycles. The molecule has 0 unspecified atom stereocenters. The van der Waals surface area contributed by atoms with Crippen LogP contribution in [0.2, 0.25) is 0 Å². The molecule has 16 heavy (non-hydrogen) atoms. The number of hydrogen-bond donors (Lipinski definition) is 1. The van der Waals surface area contributed by atoms with Crippen LogP contribution in [0.15, 0.2) is 12.1 Å². The van der Waals surface area contributed by atoms with Gasteiger partial charge in [0.1, 0.15) is 5.82 Å². The van der Waals surface area contributed by atoms with Gasteiger partial charge in [-0.3, -0.25) is 10.1 Å². The Kier molecular flexibility index (Phi) is 2.64. The van der Waals surface area contributed by atoms with Crippen LogP contribution < -0.4 is 10.6 Å². The van der Waals surface area contributed by atoms with Crippen molar-refractivity contribution in [3.05, 3.63) is 22.2 Å². The number of nitrogen functional groups attached to an aromatic ring is 1. The van der Waals surface area contributed by atoms with Crippen LogP contribution >= 0.6 is 0 Å². The number of nitrogens with two attached hydrogens (primary N) is 1. The number of aromatic nitrogens is 1. The minimum Gasteiger partial charge on any atom is -0.378 e. The maximum absolute atomic E-state index is 10.6. The third-order valence-corrected chi connectivity index (χ3v) is 3.07. The van der Waals surface area contributed by atoms with Gasteiger partial charge in [0.15, 0.2) is 0 Å². The Bertz CT molecular complexity index is 417. The minimum atomic E-state index is -0.518. The van der Waals surface area contributed by atoms with Crippen LogP contribution in [-0.4, -0.2) is 23.0 Å². The van der Waals surface area contributed by atoms with Crippen molar-refractivity contribution in [3.8, 4) is 0 Å². The lowest BCUT2D eigenvalue weighted by molar-refractivity contribution is -0.384. The van der Waals surface area contributed by atoms with Gasteiger partial charge in [0, 0.05) is 19.2 Å². The van der Waals surface area contributed by atoms with Crippen molar-refractivity contribution in [2.45, 2.75) is 25.3 Å². The summed E-state index contributed by atoms with van der Waals surface area (Å²) in [4.78, 5) is 16.1. The van der Waals surface area contributed by atoms with Crippen LogP contribution in [0.25, 0.3) is 0 Å². The monoisotopic (exact) mass is 222 g/mol. The number of pyridine rings is 1. The van der Waals surface area contributed by atoms with E-state index in [1.54, 1.807) is 6.07 Å². The summed E-state index contributed by atoms with van der Waals surface area (Å²) in [5.74, 6) is 0.682. The van der Waals surface area contributed by atoms with E-state index >= 15 is 0 Å². The number of rotatable bonds is 3. The SMILES string of the molecule is CN(c1ccc([N+](=O)[O-])c(N)n1)C1CCC1. The third-order valence-electron chi connectivity index (χ3n) is 3.07. The fourth-order valence-corrected chi connectivity index (χ4v) is 1.77. The minimum absolute atomic E-state index is 0.0197. The van der Waals surface area contributed by atoms with Crippen LogP contribution in [-0.2, 0) is 0 Å². The van der Waals surface area contributed by atoms with E-state index in [1.165, 1.54) is 12.5 Å². The Hall–Kier alpha value is -1.85. The molecule has 6 nitrogen and oxygen atoms in total. The number of anilines is 2. The summed E-state index contributed by atoms with van der Waals surface area (Å²) in [6.45, 7) is 0. The van der Waals surface area contributed by atoms with Gasteiger partial charge in [-0.15, -0.1) is 0 Å². The van der Waals surface area contributed by atoms with E-state index in [2.05, 4.69) is 4.98 Å². The lowest BCUT2D eigenvalue weighted by Crippen LogP contribution is -2.37. The lowest BCUT2D eigenvalue weighted by Gasteiger charge is -2.35. The highest BCUT2D eigenvalue weighted by atomic mass is 16.6. The molecule has 86 valence electrons. The third kappa shape index (κ3) is 1.78. The summed E-state index contributed by atoms with van der Waals surface area (Å²) >= 11 is 0. The van der Waals surface area contributed by atoms with Gasteiger partial charge < -0.3 is 10.6 Å². The summed E-state index contributed by atoms with van der Waals surface area (Å²) in [5.41, 5.74) is 5.41. The van der Waals surface area contributed by atoms with Crippen LogP contribution in [0, 0.1) is 10.1 Å². The first-order chi connectivity index (χ1) is 7.59. The standard InChI is InChI=1S/C10H14N4O2/c1-13(7-3-2-4-7)9-6-5-8(14(15)16)10(11)12-9/h5-7H,2-4H2,1H3,(H2,11,12). The van der Waals surface area contributed by atoms with Gasteiger partial charge in [0.05, 0.1) is 4.92 Å². The Morgan fingerprint density at radius 3 is 2.69 bits per heavy atom. The summed E-state index contributed by atoms with van der Waals surface area (Å²) < 4.78 is 0. The average Bonchev–Trinajstić information content (AvgIpc) is 2.14. The molecule has 0 saturated heterocycles. The van der Waals surface area contributed by atoms with Crippen LogP contribution in [0.4, 0.5) is 17.3 Å². The van der Waals surface area contributed by atoms with E-state index in [1.807, 2.05) is 11.9 Å². The van der Waals surface area contributed by atoms with E-state index in [-0.39, 0.29) is 11.5 Å². The fourth-order valence-electron chi connectivity index (χ4n) is 1.77. The predicted octanol–water partition coefficient (Wildman–Crippen LogP) is 1.56. The van der Waals surface area contributed by atoms with E-state index in [0.717, 1.165) is 12.8 Å². The van der Waals surface area contributed by atoms with Crippen molar-refractivity contribution in [2.24, 2.45) is 0 Å². The Balaban J connectivity index is 2.22. The summed E-state index contributed by atoms with van der Waals surface area (Å²) in [7, 11) is 1.94. The molecule has 6 heteroatoms. The van der Waals surface area contributed by atoms with Gasteiger partial charge in [-0.25, -0.2) is 4.98 Å². The zero-order chi connectivity index (χ0) is 11.7. The van der Waals surface area contributed by atoms with Crippen LogP contribution in [0.5, 0.6) is 0 Å². The number of nitrogens with zero attached hydrogens (tertiary/aromatic N) is 3. The lowest BCUT2D eigenvalue weighted by atomic mass is 9.92. The molecule has 0 aliphatic heterocycles. The number of hydrogen-bond acceptors (Lipinski definition) is 5. The molecule has 0 bridgehead atoms. The van der Waals surface area contributed by atoms with Gasteiger partial charge in [0.25, 0.3) is 0 Å². The highest BCUT2D eigenvalue weighted by molar-refractivity contribution is 5.58. The molecule has 0 amide bonds.